The van der Waals surface area contributed by atoms with Gasteiger partial charge in [-0.15, -0.1) is 24.6 Å². The van der Waals surface area contributed by atoms with Crippen LogP contribution in [0, 0.1) is 24.7 Å². The molecule has 2 rings (SSSR count). The molecule has 1 N–H and O–H groups in total. The molecule has 0 aromatic heterocycles. The third-order valence-corrected chi connectivity index (χ3v) is 5.13. The number of hydrogen-bond acceptors (Lipinski definition) is 5. The standard InChI is InChI=1S/C24H25NO4S/c1-4-15-28-21-12-11-19(17-22(21)27-3)13-14-25-24(26)23(29-16-5-2)18-30-20-9-7-6-8-10-20/h1-2,6-12,17,23H,13-16,18H2,3H3,(H,25,26)/t23-/m0/s1. The predicted molar refractivity (Wildman–Crippen MR) is 120 cm³/mol. The fourth-order valence-electron chi connectivity index (χ4n) is 2.59. The molecule has 0 spiro atoms. The number of nitrogens with one attached hydrogen (secondary N) is 1. The van der Waals surface area contributed by atoms with Crippen molar-refractivity contribution in [2.75, 3.05) is 32.6 Å². The molecule has 0 aliphatic carbocycles. The Balaban J connectivity index is 1.88. The van der Waals surface area contributed by atoms with Gasteiger partial charge >= 0.3 is 0 Å². The monoisotopic (exact) mass is 423 g/mol. The number of hydrogen-bond donors (Lipinski definition) is 1. The Labute approximate surface area is 182 Å². The molecule has 1 atom stereocenters. The van der Waals surface area contributed by atoms with Crippen molar-refractivity contribution >= 4 is 17.7 Å². The Morgan fingerprint density at radius 2 is 1.87 bits per heavy atom. The van der Waals surface area contributed by atoms with Gasteiger partial charge in [-0.1, -0.05) is 36.1 Å². The van der Waals surface area contributed by atoms with Gasteiger partial charge in [-0.05, 0) is 36.2 Å². The highest BCUT2D eigenvalue weighted by Gasteiger charge is 2.19. The fourth-order valence-corrected chi connectivity index (χ4v) is 3.53. The molecule has 5 nitrogen and oxygen atoms in total. The number of amides is 1. The van der Waals surface area contributed by atoms with Crippen molar-refractivity contribution in [1.82, 2.24) is 5.32 Å². The van der Waals surface area contributed by atoms with Gasteiger partial charge in [0.15, 0.2) is 11.5 Å². The number of carbonyl (C=O) groups is 1. The van der Waals surface area contributed by atoms with Crippen LogP contribution in [0.5, 0.6) is 11.5 Å². The quantitative estimate of drug-likeness (QED) is 0.420. The Bertz CT molecular complexity index is 886. The van der Waals surface area contributed by atoms with Gasteiger partial charge in [0, 0.05) is 17.2 Å². The maximum Gasteiger partial charge on any atom is 0.250 e. The number of carbonyl (C=O) groups excluding carboxylic acids is 1. The molecule has 0 fully saturated rings. The first-order valence-corrected chi connectivity index (χ1v) is 10.4. The second-order valence-electron chi connectivity index (χ2n) is 6.15. The van der Waals surface area contributed by atoms with E-state index in [0.717, 1.165) is 10.5 Å². The van der Waals surface area contributed by atoms with E-state index in [4.69, 9.17) is 27.1 Å². The highest BCUT2D eigenvalue weighted by Crippen LogP contribution is 2.28. The lowest BCUT2D eigenvalue weighted by Crippen LogP contribution is -2.39. The minimum atomic E-state index is -0.625. The lowest BCUT2D eigenvalue weighted by atomic mass is 10.1. The summed E-state index contributed by atoms with van der Waals surface area (Å²) in [6, 6.07) is 15.4. The summed E-state index contributed by atoms with van der Waals surface area (Å²) in [4.78, 5) is 13.6. The molecule has 156 valence electrons. The molecule has 1 amide bonds. The Morgan fingerprint density at radius 1 is 1.10 bits per heavy atom. The van der Waals surface area contributed by atoms with Crippen molar-refractivity contribution < 1.29 is 19.0 Å². The topological polar surface area (TPSA) is 56.8 Å². The minimum absolute atomic E-state index is 0.0871. The van der Waals surface area contributed by atoms with Gasteiger partial charge in [-0.2, -0.15) is 0 Å². The second kappa shape index (κ2) is 13.2. The molecule has 30 heavy (non-hydrogen) atoms. The molecular weight excluding hydrogens is 398 g/mol. The highest BCUT2D eigenvalue weighted by molar-refractivity contribution is 7.99. The second-order valence-corrected chi connectivity index (χ2v) is 7.24. The summed E-state index contributed by atoms with van der Waals surface area (Å²) < 4.78 is 16.3. The van der Waals surface area contributed by atoms with Crippen LogP contribution in [-0.2, 0) is 16.0 Å². The molecule has 6 heteroatoms. The maximum absolute atomic E-state index is 12.6. The first-order chi connectivity index (χ1) is 14.7. The number of benzene rings is 2. The molecule has 0 unspecified atom stereocenters. The normalized spacial score (nSPS) is 11.0. The first kappa shape index (κ1) is 23.2. The molecule has 0 saturated heterocycles. The van der Waals surface area contributed by atoms with E-state index in [1.807, 2.05) is 48.5 Å². The summed E-state index contributed by atoms with van der Waals surface area (Å²) in [7, 11) is 1.57. The first-order valence-electron chi connectivity index (χ1n) is 9.41. The van der Waals surface area contributed by atoms with E-state index < -0.39 is 6.10 Å². The van der Waals surface area contributed by atoms with E-state index in [1.165, 1.54) is 0 Å². The molecule has 0 bridgehead atoms. The van der Waals surface area contributed by atoms with Crippen LogP contribution in [0.15, 0.2) is 53.4 Å². The van der Waals surface area contributed by atoms with Crippen LogP contribution < -0.4 is 14.8 Å². The minimum Gasteiger partial charge on any atom is -0.493 e. The molecule has 2 aromatic rings. The predicted octanol–water partition coefficient (Wildman–Crippen LogP) is 3.18. The zero-order chi connectivity index (χ0) is 21.6. The Morgan fingerprint density at radius 3 is 2.57 bits per heavy atom. The lowest BCUT2D eigenvalue weighted by molar-refractivity contribution is -0.130. The summed E-state index contributed by atoms with van der Waals surface area (Å²) in [5.41, 5.74) is 1.000. The van der Waals surface area contributed by atoms with E-state index in [1.54, 1.807) is 18.9 Å². The van der Waals surface area contributed by atoms with Crippen molar-refractivity contribution in [3.8, 4) is 36.2 Å². The summed E-state index contributed by atoms with van der Waals surface area (Å²) >= 11 is 1.55. The zero-order valence-electron chi connectivity index (χ0n) is 16.9. The molecule has 0 aliphatic rings. The van der Waals surface area contributed by atoms with Crippen molar-refractivity contribution in [2.24, 2.45) is 0 Å². The Kier molecular flexibility index (Phi) is 10.2. The van der Waals surface area contributed by atoms with Gasteiger partial charge in [0.25, 0.3) is 0 Å². The van der Waals surface area contributed by atoms with Crippen LogP contribution in [0.1, 0.15) is 5.56 Å². The van der Waals surface area contributed by atoms with Crippen LogP contribution in [0.2, 0.25) is 0 Å². The molecule has 0 saturated carbocycles. The van der Waals surface area contributed by atoms with Gasteiger partial charge in [0.2, 0.25) is 5.91 Å². The van der Waals surface area contributed by atoms with Gasteiger partial charge in [0.1, 0.15) is 19.3 Å². The lowest BCUT2D eigenvalue weighted by Gasteiger charge is -2.16. The van der Waals surface area contributed by atoms with Crippen molar-refractivity contribution in [3.63, 3.8) is 0 Å². The van der Waals surface area contributed by atoms with E-state index in [-0.39, 0.29) is 19.1 Å². The zero-order valence-corrected chi connectivity index (χ0v) is 17.7. The SMILES string of the molecule is C#CCOc1ccc(CCNC(=O)[C@H](CSc2ccccc2)OCC#C)cc1OC. The van der Waals surface area contributed by atoms with Crippen molar-refractivity contribution in [3.05, 3.63) is 54.1 Å². The van der Waals surface area contributed by atoms with Crippen LogP contribution in [0.4, 0.5) is 0 Å². The van der Waals surface area contributed by atoms with Crippen molar-refractivity contribution in [1.29, 1.82) is 0 Å². The third-order valence-electron chi connectivity index (χ3n) is 4.06. The third kappa shape index (κ3) is 7.75. The van der Waals surface area contributed by atoms with Crippen LogP contribution in [0.25, 0.3) is 0 Å². The van der Waals surface area contributed by atoms with Crippen LogP contribution in [-0.4, -0.2) is 44.6 Å². The molecule has 2 aromatic carbocycles. The summed E-state index contributed by atoms with van der Waals surface area (Å²) in [6.45, 7) is 0.716. The largest absolute Gasteiger partial charge is 0.493 e. The van der Waals surface area contributed by atoms with Crippen LogP contribution >= 0.6 is 11.8 Å². The van der Waals surface area contributed by atoms with E-state index in [9.17, 15) is 4.79 Å². The van der Waals surface area contributed by atoms with Crippen molar-refractivity contribution in [2.45, 2.75) is 17.4 Å². The molecular formula is C24H25NO4S. The van der Waals surface area contributed by atoms with E-state index >= 15 is 0 Å². The average Bonchev–Trinajstić information content (AvgIpc) is 2.78. The average molecular weight is 424 g/mol. The number of methoxy groups -OCH3 is 1. The Hall–Kier alpha value is -3.06. The molecule has 0 heterocycles. The van der Waals surface area contributed by atoms with E-state index in [0.29, 0.717) is 30.2 Å². The smallest absolute Gasteiger partial charge is 0.250 e. The number of thioether (sulfide) groups is 1. The van der Waals surface area contributed by atoms with Crippen LogP contribution in [0.3, 0.4) is 0 Å². The number of rotatable bonds is 12. The summed E-state index contributed by atoms with van der Waals surface area (Å²) in [5, 5.41) is 2.92. The summed E-state index contributed by atoms with van der Waals surface area (Å²) in [6.07, 6.45) is 10.5. The van der Waals surface area contributed by atoms with Gasteiger partial charge < -0.3 is 19.5 Å². The van der Waals surface area contributed by atoms with E-state index in [2.05, 4.69) is 17.2 Å². The van der Waals surface area contributed by atoms with Gasteiger partial charge in [-0.3, -0.25) is 4.79 Å². The molecule has 0 radical (unpaired) electrons. The van der Waals surface area contributed by atoms with Gasteiger partial charge in [0.05, 0.1) is 7.11 Å². The summed E-state index contributed by atoms with van der Waals surface area (Å²) in [5.74, 6) is 6.32. The van der Waals surface area contributed by atoms with Gasteiger partial charge in [-0.25, -0.2) is 0 Å². The molecule has 0 aliphatic heterocycles. The number of ether oxygens (including phenoxy) is 3. The number of terminal acetylenes is 2. The fraction of sp³-hybridized carbons (Fsp3) is 0.292. The highest BCUT2D eigenvalue weighted by atomic mass is 32.2. The maximum atomic E-state index is 12.6.